The van der Waals surface area contributed by atoms with Crippen LogP contribution in [-0.4, -0.2) is 22.5 Å². The molecule has 1 aromatic heterocycles. The zero-order valence-electron chi connectivity index (χ0n) is 14.0. The van der Waals surface area contributed by atoms with Gasteiger partial charge < -0.3 is 10.4 Å². The van der Waals surface area contributed by atoms with E-state index in [1.807, 2.05) is 13.8 Å². The van der Waals surface area contributed by atoms with Gasteiger partial charge in [-0.3, -0.25) is 9.59 Å². The zero-order valence-corrected chi connectivity index (χ0v) is 14.8. The second kappa shape index (κ2) is 8.32. The van der Waals surface area contributed by atoms with Crippen LogP contribution in [0.1, 0.15) is 61.3 Å². The van der Waals surface area contributed by atoms with Gasteiger partial charge in [-0.1, -0.05) is 13.8 Å². The Kier molecular flexibility index (Phi) is 7.07. The maximum atomic E-state index is 12.1. The van der Waals surface area contributed by atoms with Gasteiger partial charge in [-0.2, -0.15) is 0 Å². The molecule has 1 amide bonds. The van der Waals surface area contributed by atoms with E-state index in [1.54, 1.807) is 11.3 Å². The molecule has 0 saturated carbocycles. The van der Waals surface area contributed by atoms with Crippen LogP contribution < -0.4 is 5.32 Å². The van der Waals surface area contributed by atoms with Gasteiger partial charge in [0, 0.05) is 21.7 Å². The summed E-state index contributed by atoms with van der Waals surface area (Å²) in [4.78, 5) is 25.8. The van der Waals surface area contributed by atoms with Gasteiger partial charge in [-0.15, -0.1) is 11.3 Å². The molecule has 0 atom stereocenters. The van der Waals surface area contributed by atoms with Crippen molar-refractivity contribution in [3.63, 3.8) is 0 Å². The van der Waals surface area contributed by atoms with Gasteiger partial charge in [0.1, 0.15) is 0 Å². The Balaban J connectivity index is 2.50. The number of aryl methyl sites for hydroxylation is 3. The largest absolute Gasteiger partial charge is 0.481 e. The molecular weight excluding hydrogens is 298 g/mol. The molecule has 0 saturated heterocycles. The number of carbonyl (C=O) groups excluding carboxylic acids is 1. The first-order valence-electron chi connectivity index (χ1n) is 7.90. The lowest BCUT2D eigenvalue weighted by atomic mass is 9.88. The lowest BCUT2D eigenvalue weighted by Gasteiger charge is -2.31. The fourth-order valence-electron chi connectivity index (χ4n) is 2.74. The fraction of sp³-hybridized carbons (Fsp3) is 0.647. The van der Waals surface area contributed by atoms with Crippen molar-refractivity contribution in [3.05, 3.63) is 21.4 Å². The summed E-state index contributed by atoms with van der Waals surface area (Å²) in [5.41, 5.74) is 0.704. The number of aliphatic carboxylic acids is 1. The van der Waals surface area contributed by atoms with Crippen molar-refractivity contribution in [1.82, 2.24) is 5.32 Å². The molecule has 1 rings (SSSR count). The second-order valence-electron chi connectivity index (χ2n) is 5.90. The van der Waals surface area contributed by atoms with Crippen LogP contribution >= 0.6 is 11.3 Å². The Labute approximate surface area is 136 Å². The quantitative estimate of drug-likeness (QED) is 0.725. The van der Waals surface area contributed by atoms with Gasteiger partial charge in [0.25, 0.3) is 0 Å². The number of carbonyl (C=O) groups is 2. The van der Waals surface area contributed by atoms with E-state index < -0.39 is 11.5 Å². The van der Waals surface area contributed by atoms with Crippen LogP contribution in [0.15, 0.2) is 6.07 Å². The first-order chi connectivity index (χ1) is 10.3. The molecule has 124 valence electrons. The third-order valence-corrected chi connectivity index (χ3v) is 5.25. The van der Waals surface area contributed by atoms with Crippen LogP contribution in [0.25, 0.3) is 0 Å². The summed E-state index contributed by atoms with van der Waals surface area (Å²) in [6, 6.07) is 2.19. The summed E-state index contributed by atoms with van der Waals surface area (Å²) in [5.74, 6) is -0.914. The highest BCUT2D eigenvalue weighted by atomic mass is 32.1. The van der Waals surface area contributed by atoms with Crippen molar-refractivity contribution in [2.45, 2.75) is 71.8 Å². The van der Waals surface area contributed by atoms with Gasteiger partial charge in [0.2, 0.25) is 5.91 Å². The van der Waals surface area contributed by atoms with Crippen LogP contribution in [-0.2, 0) is 16.0 Å². The van der Waals surface area contributed by atoms with E-state index in [1.165, 1.54) is 15.3 Å². The van der Waals surface area contributed by atoms with Gasteiger partial charge in [-0.05, 0) is 51.2 Å². The molecular formula is C17H27NO3S. The number of amides is 1. The Bertz CT molecular complexity index is 518. The molecule has 22 heavy (non-hydrogen) atoms. The number of carboxylic acids is 1. The molecule has 0 bridgehead atoms. The standard InChI is InChI=1S/C17H27NO3S/c1-5-17(6-2,11-16(20)21)18-15(19)9-7-8-14-10-12(3)22-13(14)4/h10H,5-9,11H2,1-4H3,(H,18,19)(H,20,21). The molecule has 5 heteroatoms. The highest BCUT2D eigenvalue weighted by Crippen LogP contribution is 2.23. The van der Waals surface area contributed by atoms with Crippen LogP contribution in [0.3, 0.4) is 0 Å². The maximum absolute atomic E-state index is 12.1. The van der Waals surface area contributed by atoms with Crippen molar-refractivity contribution >= 4 is 23.2 Å². The molecule has 0 aliphatic heterocycles. The Hall–Kier alpha value is -1.36. The Morgan fingerprint density at radius 2 is 1.91 bits per heavy atom. The summed E-state index contributed by atoms with van der Waals surface area (Å²) < 4.78 is 0. The lowest BCUT2D eigenvalue weighted by molar-refractivity contribution is -0.139. The van der Waals surface area contributed by atoms with Crippen molar-refractivity contribution < 1.29 is 14.7 Å². The summed E-state index contributed by atoms with van der Waals surface area (Å²) in [6.45, 7) is 8.05. The first kappa shape index (κ1) is 18.7. The van der Waals surface area contributed by atoms with Crippen LogP contribution in [0.5, 0.6) is 0 Å². The number of thiophene rings is 1. The molecule has 4 nitrogen and oxygen atoms in total. The summed E-state index contributed by atoms with van der Waals surface area (Å²) >= 11 is 1.79. The van der Waals surface area contributed by atoms with Crippen molar-refractivity contribution in [2.24, 2.45) is 0 Å². The Morgan fingerprint density at radius 1 is 1.27 bits per heavy atom. The van der Waals surface area contributed by atoms with E-state index >= 15 is 0 Å². The van der Waals surface area contributed by atoms with E-state index in [0.29, 0.717) is 19.3 Å². The van der Waals surface area contributed by atoms with Crippen molar-refractivity contribution in [2.75, 3.05) is 0 Å². The molecule has 0 unspecified atom stereocenters. The number of hydrogen-bond donors (Lipinski definition) is 2. The second-order valence-corrected chi connectivity index (χ2v) is 7.36. The summed E-state index contributed by atoms with van der Waals surface area (Å²) in [6.07, 6.45) is 3.37. The smallest absolute Gasteiger partial charge is 0.305 e. The topological polar surface area (TPSA) is 66.4 Å². The Morgan fingerprint density at radius 3 is 2.36 bits per heavy atom. The van der Waals surface area contributed by atoms with E-state index in [4.69, 9.17) is 5.11 Å². The van der Waals surface area contributed by atoms with Gasteiger partial charge in [0.15, 0.2) is 0 Å². The molecule has 1 heterocycles. The summed E-state index contributed by atoms with van der Waals surface area (Å²) in [7, 11) is 0. The average molecular weight is 325 g/mol. The number of hydrogen-bond acceptors (Lipinski definition) is 3. The molecule has 0 aromatic carbocycles. The molecule has 0 radical (unpaired) electrons. The van der Waals surface area contributed by atoms with E-state index in [-0.39, 0.29) is 12.3 Å². The van der Waals surface area contributed by atoms with Crippen molar-refractivity contribution in [3.8, 4) is 0 Å². The van der Waals surface area contributed by atoms with Crippen molar-refractivity contribution in [1.29, 1.82) is 0 Å². The summed E-state index contributed by atoms with van der Waals surface area (Å²) in [5, 5.41) is 12.0. The minimum Gasteiger partial charge on any atom is -0.481 e. The van der Waals surface area contributed by atoms with Crippen LogP contribution in [0.2, 0.25) is 0 Å². The minimum atomic E-state index is -0.867. The highest BCUT2D eigenvalue weighted by Gasteiger charge is 2.30. The van der Waals surface area contributed by atoms with Gasteiger partial charge >= 0.3 is 5.97 Å². The predicted molar refractivity (Wildman–Crippen MR) is 90.4 cm³/mol. The molecule has 1 aromatic rings. The number of carboxylic acid groups (broad SMARTS) is 1. The number of nitrogens with one attached hydrogen (secondary N) is 1. The van der Waals surface area contributed by atoms with Crippen LogP contribution in [0, 0.1) is 13.8 Å². The molecule has 0 spiro atoms. The number of rotatable bonds is 9. The molecule has 0 aliphatic rings. The van der Waals surface area contributed by atoms with Gasteiger partial charge in [-0.25, -0.2) is 0 Å². The first-order valence-corrected chi connectivity index (χ1v) is 8.72. The van der Waals surface area contributed by atoms with Gasteiger partial charge in [0.05, 0.1) is 6.42 Å². The van der Waals surface area contributed by atoms with E-state index in [0.717, 1.165) is 12.8 Å². The van der Waals surface area contributed by atoms with E-state index in [9.17, 15) is 9.59 Å². The third-order valence-electron chi connectivity index (χ3n) is 4.24. The average Bonchev–Trinajstić information content (AvgIpc) is 2.75. The SMILES string of the molecule is CCC(CC)(CC(=O)O)NC(=O)CCCc1cc(C)sc1C. The predicted octanol–water partition coefficient (Wildman–Crippen LogP) is 3.84. The van der Waals surface area contributed by atoms with E-state index in [2.05, 4.69) is 25.2 Å². The maximum Gasteiger partial charge on any atom is 0.305 e. The molecule has 0 fully saturated rings. The minimum absolute atomic E-state index is 0.0193. The monoisotopic (exact) mass is 325 g/mol. The van der Waals surface area contributed by atoms with Crippen LogP contribution in [0.4, 0.5) is 0 Å². The fourth-order valence-corrected chi connectivity index (χ4v) is 3.72. The third kappa shape index (κ3) is 5.44. The zero-order chi connectivity index (χ0) is 16.8. The normalized spacial score (nSPS) is 11.5. The molecule has 0 aliphatic carbocycles. The lowest BCUT2D eigenvalue weighted by Crippen LogP contribution is -2.49. The highest BCUT2D eigenvalue weighted by molar-refractivity contribution is 7.12. The molecule has 2 N–H and O–H groups in total.